The summed E-state index contributed by atoms with van der Waals surface area (Å²) in [5, 5.41) is 7.62. The highest BCUT2D eigenvalue weighted by Crippen LogP contribution is 2.33. The molecule has 0 amide bonds. The smallest absolute Gasteiger partial charge is 0.271 e. The summed E-state index contributed by atoms with van der Waals surface area (Å²) >= 11 is 1.04. The second-order valence-electron chi connectivity index (χ2n) is 4.92. The fourth-order valence-electron chi connectivity index (χ4n) is 2.08. The fraction of sp³-hybridized carbons (Fsp3) is 0.200. The zero-order chi connectivity index (χ0) is 18.0. The largest absolute Gasteiger partial charge is 0.493 e. The van der Waals surface area contributed by atoms with Crippen molar-refractivity contribution in [3.05, 3.63) is 36.2 Å². The zero-order valence-electron chi connectivity index (χ0n) is 13.6. The highest BCUT2D eigenvalue weighted by Gasteiger charge is 2.20. The number of nitrogens with one attached hydrogen (secondary N) is 1. The minimum absolute atomic E-state index is 0.133. The molecule has 0 fully saturated rings. The molecule has 3 rings (SSSR count). The Bertz CT molecular complexity index is 994. The summed E-state index contributed by atoms with van der Waals surface area (Å²) in [7, 11) is -0.768. The van der Waals surface area contributed by atoms with Crippen molar-refractivity contribution in [1.82, 2.24) is 10.2 Å². The summed E-state index contributed by atoms with van der Waals surface area (Å²) in [4.78, 5) is 0.577. The standard InChI is InChI=1S/C15H15N3O5S2/c1-9-16-17-15(23-9)13-6-7-14(24-13)25(19,20)18-10-4-5-11(21-2)12(8-10)22-3/h4-8,18H,1-3H3. The first-order valence-electron chi connectivity index (χ1n) is 7.08. The Morgan fingerprint density at radius 2 is 1.84 bits per heavy atom. The lowest BCUT2D eigenvalue weighted by molar-refractivity contribution is 0.355. The first kappa shape index (κ1) is 17.2. The first-order valence-corrected chi connectivity index (χ1v) is 9.38. The second-order valence-corrected chi connectivity index (χ2v) is 7.91. The quantitative estimate of drug-likeness (QED) is 0.700. The van der Waals surface area contributed by atoms with Gasteiger partial charge in [-0.2, -0.15) is 0 Å². The average molecular weight is 381 g/mol. The maximum atomic E-state index is 12.6. The molecule has 2 aromatic heterocycles. The molecule has 0 aliphatic heterocycles. The Kier molecular flexibility index (Phi) is 4.64. The predicted octanol–water partition coefficient (Wildman–Crippen LogP) is 2.92. The lowest BCUT2D eigenvalue weighted by atomic mass is 10.3. The average Bonchev–Trinajstić information content (AvgIpc) is 3.23. The van der Waals surface area contributed by atoms with Gasteiger partial charge in [0.15, 0.2) is 11.5 Å². The molecule has 0 spiro atoms. The van der Waals surface area contributed by atoms with E-state index in [4.69, 9.17) is 13.9 Å². The molecular formula is C15H15N3O5S2. The van der Waals surface area contributed by atoms with Crippen LogP contribution in [0, 0.1) is 6.92 Å². The molecule has 0 aliphatic rings. The van der Waals surface area contributed by atoms with Crippen LogP contribution in [0.2, 0.25) is 0 Å². The van der Waals surface area contributed by atoms with E-state index in [0.717, 1.165) is 11.3 Å². The van der Waals surface area contributed by atoms with Crippen LogP contribution in [0.5, 0.6) is 11.5 Å². The van der Waals surface area contributed by atoms with Crippen molar-refractivity contribution < 1.29 is 22.3 Å². The monoisotopic (exact) mass is 381 g/mol. The van der Waals surface area contributed by atoms with E-state index in [0.29, 0.717) is 28.0 Å². The first-order chi connectivity index (χ1) is 11.9. The van der Waals surface area contributed by atoms with E-state index in [9.17, 15) is 8.42 Å². The van der Waals surface area contributed by atoms with Gasteiger partial charge in [-0.25, -0.2) is 8.42 Å². The molecule has 0 saturated heterocycles. The van der Waals surface area contributed by atoms with Gasteiger partial charge in [0.1, 0.15) is 4.21 Å². The third kappa shape index (κ3) is 3.59. The van der Waals surface area contributed by atoms with Crippen LogP contribution in [-0.4, -0.2) is 32.8 Å². The second kappa shape index (κ2) is 6.73. The van der Waals surface area contributed by atoms with Crippen LogP contribution in [-0.2, 0) is 10.0 Å². The number of hydrogen-bond acceptors (Lipinski definition) is 8. The lowest BCUT2D eigenvalue weighted by Crippen LogP contribution is -2.11. The molecule has 8 nitrogen and oxygen atoms in total. The summed E-state index contributed by atoms with van der Waals surface area (Å²) in [5.74, 6) is 1.64. The Labute approximate surface area is 148 Å². The van der Waals surface area contributed by atoms with Gasteiger partial charge >= 0.3 is 0 Å². The van der Waals surface area contributed by atoms with Gasteiger partial charge in [-0.15, -0.1) is 21.5 Å². The number of hydrogen-bond donors (Lipinski definition) is 1. The molecule has 2 heterocycles. The molecule has 10 heteroatoms. The Hall–Kier alpha value is -2.59. The van der Waals surface area contributed by atoms with Gasteiger partial charge < -0.3 is 13.9 Å². The van der Waals surface area contributed by atoms with E-state index in [-0.39, 0.29) is 10.1 Å². The molecule has 132 valence electrons. The van der Waals surface area contributed by atoms with E-state index >= 15 is 0 Å². The lowest BCUT2D eigenvalue weighted by Gasteiger charge is -2.11. The van der Waals surface area contributed by atoms with E-state index in [1.807, 2.05) is 0 Å². The summed E-state index contributed by atoms with van der Waals surface area (Å²) in [6, 6.07) is 7.88. The molecule has 0 radical (unpaired) electrons. The van der Waals surface area contributed by atoms with E-state index in [1.54, 1.807) is 31.2 Å². The van der Waals surface area contributed by atoms with Crippen molar-refractivity contribution in [1.29, 1.82) is 0 Å². The Morgan fingerprint density at radius 1 is 1.08 bits per heavy atom. The highest BCUT2D eigenvalue weighted by molar-refractivity contribution is 7.94. The minimum atomic E-state index is -3.76. The van der Waals surface area contributed by atoms with Gasteiger partial charge in [-0.1, -0.05) is 0 Å². The zero-order valence-corrected chi connectivity index (χ0v) is 15.3. The van der Waals surface area contributed by atoms with Crippen LogP contribution < -0.4 is 14.2 Å². The van der Waals surface area contributed by atoms with Crippen molar-refractivity contribution >= 4 is 27.0 Å². The Balaban J connectivity index is 1.86. The number of thiophene rings is 1. The molecule has 25 heavy (non-hydrogen) atoms. The van der Waals surface area contributed by atoms with E-state index < -0.39 is 10.0 Å². The van der Waals surface area contributed by atoms with Crippen molar-refractivity contribution in [2.45, 2.75) is 11.1 Å². The number of aryl methyl sites for hydroxylation is 1. The van der Waals surface area contributed by atoms with Crippen molar-refractivity contribution in [2.75, 3.05) is 18.9 Å². The van der Waals surface area contributed by atoms with Gasteiger partial charge in [-0.05, 0) is 24.3 Å². The molecule has 1 N–H and O–H groups in total. The third-order valence-corrected chi connectivity index (χ3v) is 6.17. The van der Waals surface area contributed by atoms with Crippen molar-refractivity contribution in [2.24, 2.45) is 0 Å². The van der Waals surface area contributed by atoms with Crippen molar-refractivity contribution in [3.8, 4) is 22.3 Å². The van der Waals surface area contributed by atoms with Crippen LogP contribution >= 0.6 is 11.3 Å². The molecule has 0 bridgehead atoms. The summed E-state index contributed by atoms with van der Waals surface area (Å²) in [6.07, 6.45) is 0. The number of aromatic nitrogens is 2. The van der Waals surface area contributed by atoms with Crippen LogP contribution in [0.25, 0.3) is 10.8 Å². The maximum Gasteiger partial charge on any atom is 0.271 e. The summed E-state index contributed by atoms with van der Waals surface area (Å²) in [5.41, 5.74) is 0.362. The number of sulfonamides is 1. The van der Waals surface area contributed by atoms with Crippen molar-refractivity contribution in [3.63, 3.8) is 0 Å². The van der Waals surface area contributed by atoms with Gasteiger partial charge in [0.25, 0.3) is 15.9 Å². The molecule has 0 saturated carbocycles. The van der Waals surface area contributed by atoms with Crippen LogP contribution in [0.15, 0.2) is 39.0 Å². The van der Waals surface area contributed by atoms with Crippen LogP contribution in [0.3, 0.4) is 0 Å². The SMILES string of the molecule is COc1ccc(NS(=O)(=O)c2ccc(-c3nnc(C)o3)s2)cc1OC. The Morgan fingerprint density at radius 3 is 2.48 bits per heavy atom. The number of ether oxygens (including phenoxy) is 2. The normalized spacial score (nSPS) is 11.3. The van der Waals surface area contributed by atoms with E-state index in [2.05, 4.69) is 14.9 Å². The van der Waals surface area contributed by atoms with Crippen LogP contribution in [0.1, 0.15) is 5.89 Å². The predicted molar refractivity (Wildman–Crippen MR) is 92.7 cm³/mol. The molecule has 1 aromatic carbocycles. The molecule has 0 aliphatic carbocycles. The van der Waals surface area contributed by atoms with E-state index in [1.165, 1.54) is 20.3 Å². The number of methoxy groups -OCH3 is 2. The summed E-state index contributed by atoms with van der Waals surface area (Å²) in [6.45, 7) is 1.67. The summed E-state index contributed by atoms with van der Waals surface area (Å²) < 4.78 is 43.4. The molecule has 0 atom stereocenters. The minimum Gasteiger partial charge on any atom is -0.493 e. The van der Waals surface area contributed by atoms with Gasteiger partial charge in [0, 0.05) is 13.0 Å². The van der Waals surface area contributed by atoms with Gasteiger partial charge in [-0.3, -0.25) is 4.72 Å². The highest BCUT2D eigenvalue weighted by atomic mass is 32.2. The number of rotatable bonds is 6. The van der Waals surface area contributed by atoms with Crippen LogP contribution in [0.4, 0.5) is 5.69 Å². The fourth-order valence-corrected chi connectivity index (χ4v) is 4.36. The topological polar surface area (TPSA) is 104 Å². The van der Waals surface area contributed by atoms with Gasteiger partial charge in [0.2, 0.25) is 5.89 Å². The number of nitrogens with zero attached hydrogens (tertiary/aromatic N) is 2. The number of anilines is 1. The number of benzene rings is 1. The third-order valence-electron chi connectivity index (χ3n) is 3.22. The maximum absolute atomic E-state index is 12.6. The molecule has 0 unspecified atom stereocenters. The molecular weight excluding hydrogens is 366 g/mol. The molecule has 3 aromatic rings. The van der Waals surface area contributed by atoms with Gasteiger partial charge in [0.05, 0.1) is 24.8 Å².